The summed E-state index contributed by atoms with van der Waals surface area (Å²) in [5, 5.41) is -0.352. The number of hydrogen-bond donors (Lipinski definition) is 1. The van der Waals surface area contributed by atoms with E-state index >= 15 is 0 Å². The maximum Gasteiger partial charge on any atom is 0.416 e. The van der Waals surface area contributed by atoms with Gasteiger partial charge in [-0.05, 0) is 50.5 Å². The summed E-state index contributed by atoms with van der Waals surface area (Å²) in [6.45, 7) is 4.28. The predicted molar refractivity (Wildman–Crippen MR) is 101 cm³/mol. The van der Waals surface area contributed by atoms with Crippen LogP contribution in [0.25, 0.3) is 0 Å². The molecule has 1 rings (SSSR count). The molecule has 1 atom stereocenters. The molecule has 11 heteroatoms. The van der Waals surface area contributed by atoms with Crippen LogP contribution >= 0.6 is 23.4 Å². The summed E-state index contributed by atoms with van der Waals surface area (Å²) in [6, 6.07) is 0.960. The fraction of sp³-hybridized carbons (Fsp3) is 0.562. The van der Waals surface area contributed by atoms with Crippen molar-refractivity contribution in [2.24, 2.45) is 0 Å². The highest BCUT2D eigenvalue weighted by molar-refractivity contribution is 7.98. The number of likely N-dealkylation sites (N-methyl/N-ethyl adjacent to an activating group) is 1. The lowest BCUT2D eigenvalue weighted by atomic mass is 10.2. The lowest BCUT2D eigenvalue weighted by molar-refractivity contribution is -0.137. The SMILES string of the molecule is CCN(CC)C(=O)C(CCSC)NS(=O)(=O)c1cc(C(F)(F)F)ccc1Cl. The molecule has 0 bridgehead atoms. The number of carbonyl (C=O) groups excluding carboxylic acids is 1. The zero-order valence-corrected chi connectivity index (χ0v) is 17.5. The van der Waals surface area contributed by atoms with Crippen LogP contribution in [0.15, 0.2) is 23.1 Å². The normalized spacial score (nSPS) is 13.4. The third kappa shape index (κ3) is 6.55. The van der Waals surface area contributed by atoms with Crippen LogP contribution in [0.4, 0.5) is 13.2 Å². The molecule has 0 aliphatic carbocycles. The molecular formula is C16H22ClF3N2O3S2. The Hall–Kier alpha value is -0.970. The van der Waals surface area contributed by atoms with E-state index in [4.69, 9.17) is 11.6 Å². The maximum absolute atomic E-state index is 12.9. The van der Waals surface area contributed by atoms with Gasteiger partial charge in [0.15, 0.2) is 0 Å². The molecule has 0 fully saturated rings. The highest BCUT2D eigenvalue weighted by Crippen LogP contribution is 2.33. The summed E-state index contributed by atoms with van der Waals surface area (Å²) in [4.78, 5) is 13.4. The molecule has 1 N–H and O–H groups in total. The van der Waals surface area contributed by atoms with Crippen LogP contribution in [0, 0.1) is 0 Å². The molecular weight excluding hydrogens is 425 g/mol. The van der Waals surface area contributed by atoms with Crippen molar-refractivity contribution in [3.63, 3.8) is 0 Å². The summed E-state index contributed by atoms with van der Waals surface area (Å²) < 4.78 is 66.3. The van der Waals surface area contributed by atoms with Gasteiger partial charge in [-0.2, -0.15) is 29.7 Å². The fourth-order valence-corrected chi connectivity index (χ4v) is 4.58. The predicted octanol–water partition coefficient (Wildman–Crippen LogP) is 3.63. The van der Waals surface area contributed by atoms with Crippen molar-refractivity contribution >= 4 is 39.3 Å². The number of amides is 1. The highest BCUT2D eigenvalue weighted by atomic mass is 35.5. The molecule has 0 aliphatic rings. The van der Waals surface area contributed by atoms with E-state index in [1.807, 2.05) is 0 Å². The average molecular weight is 447 g/mol. The molecule has 0 radical (unpaired) electrons. The minimum Gasteiger partial charge on any atom is -0.342 e. The number of nitrogens with one attached hydrogen (secondary N) is 1. The first-order valence-corrected chi connectivity index (χ1v) is 11.4. The van der Waals surface area contributed by atoms with E-state index in [9.17, 15) is 26.4 Å². The van der Waals surface area contributed by atoms with Gasteiger partial charge in [-0.15, -0.1) is 0 Å². The fourth-order valence-electron chi connectivity index (χ4n) is 2.36. The second kappa shape index (κ2) is 9.99. The first-order valence-electron chi connectivity index (χ1n) is 8.14. The van der Waals surface area contributed by atoms with E-state index in [2.05, 4.69) is 4.72 Å². The first-order chi connectivity index (χ1) is 12.5. The van der Waals surface area contributed by atoms with Crippen molar-refractivity contribution in [3.05, 3.63) is 28.8 Å². The number of carbonyl (C=O) groups is 1. The van der Waals surface area contributed by atoms with Gasteiger partial charge in [0.25, 0.3) is 0 Å². The largest absolute Gasteiger partial charge is 0.416 e. The van der Waals surface area contributed by atoms with Gasteiger partial charge in [-0.3, -0.25) is 4.79 Å². The number of alkyl halides is 3. The van der Waals surface area contributed by atoms with Crippen LogP contribution in [0.3, 0.4) is 0 Å². The number of rotatable bonds is 9. The third-order valence-electron chi connectivity index (χ3n) is 3.83. The van der Waals surface area contributed by atoms with Gasteiger partial charge < -0.3 is 4.90 Å². The van der Waals surface area contributed by atoms with Crippen molar-refractivity contribution in [1.29, 1.82) is 0 Å². The Morgan fingerprint density at radius 1 is 1.30 bits per heavy atom. The minimum absolute atomic E-state index is 0.201. The monoisotopic (exact) mass is 446 g/mol. The van der Waals surface area contributed by atoms with Gasteiger partial charge in [-0.1, -0.05) is 11.6 Å². The van der Waals surface area contributed by atoms with Crippen LogP contribution in [0.5, 0.6) is 0 Å². The summed E-state index contributed by atoms with van der Waals surface area (Å²) in [6.07, 6.45) is -2.71. The van der Waals surface area contributed by atoms with Crippen molar-refractivity contribution < 1.29 is 26.4 Å². The van der Waals surface area contributed by atoms with Gasteiger partial charge >= 0.3 is 6.18 Å². The topological polar surface area (TPSA) is 66.5 Å². The first kappa shape index (κ1) is 24.1. The van der Waals surface area contributed by atoms with Crippen LogP contribution in [-0.4, -0.2) is 50.4 Å². The summed E-state index contributed by atoms with van der Waals surface area (Å²) in [5.41, 5.74) is -1.14. The third-order valence-corrected chi connectivity index (χ3v) is 6.43. The molecule has 0 spiro atoms. The number of sulfonamides is 1. The van der Waals surface area contributed by atoms with Crippen molar-refractivity contribution in [1.82, 2.24) is 9.62 Å². The van der Waals surface area contributed by atoms with Crippen LogP contribution < -0.4 is 4.72 Å². The van der Waals surface area contributed by atoms with Crippen LogP contribution in [-0.2, 0) is 21.0 Å². The maximum atomic E-state index is 12.9. The number of benzene rings is 1. The second-order valence-electron chi connectivity index (χ2n) is 5.61. The van der Waals surface area contributed by atoms with Crippen LogP contribution in [0.2, 0.25) is 5.02 Å². The van der Waals surface area contributed by atoms with E-state index in [0.717, 1.165) is 6.07 Å². The molecule has 0 heterocycles. The number of halogens is 4. The molecule has 1 aromatic carbocycles. The molecule has 0 aliphatic heterocycles. The Kier molecular flexibility index (Phi) is 8.91. The van der Waals surface area contributed by atoms with Gasteiger partial charge in [0.05, 0.1) is 10.6 Å². The lowest BCUT2D eigenvalue weighted by Crippen LogP contribution is -2.48. The molecule has 0 saturated carbocycles. The van der Waals surface area contributed by atoms with Gasteiger partial charge in [0.1, 0.15) is 10.9 Å². The molecule has 0 saturated heterocycles. The van der Waals surface area contributed by atoms with E-state index in [-0.39, 0.29) is 11.4 Å². The van der Waals surface area contributed by atoms with E-state index in [0.29, 0.717) is 31.0 Å². The molecule has 1 unspecified atom stereocenters. The van der Waals surface area contributed by atoms with Crippen molar-refractivity contribution in [3.8, 4) is 0 Å². The Bertz CT molecular complexity index is 754. The smallest absolute Gasteiger partial charge is 0.342 e. The van der Waals surface area contributed by atoms with E-state index in [1.165, 1.54) is 16.7 Å². The molecule has 1 amide bonds. The minimum atomic E-state index is -4.72. The second-order valence-corrected chi connectivity index (χ2v) is 8.68. The Morgan fingerprint density at radius 2 is 1.89 bits per heavy atom. The Morgan fingerprint density at radius 3 is 2.37 bits per heavy atom. The zero-order valence-electron chi connectivity index (χ0n) is 15.1. The Labute approximate surface area is 166 Å². The van der Waals surface area contributed by atoms with Gasteiger partial charge in [-0.25, -0.2) is 8.42 Å². The number of hydrogen-bond acceptors (Lipinski definition) is 4. The molecule has 27 heavy (non-hydrogen) atoms. The summed E-state index contributed by atoms with van der Waals surface area (Å²) >= 11 is 7.25. The zero-order chi connectivity index (χ0) is 20.8. The van der Waals surface area contributed by atoms with E-state index < -0.39 is 38.6 Å². The van der Waals surface area contributed by atoms with E-state index in [1.54, 1.807) is 20.1 Å². The lowest BCUT2D eigenvalue weighted by Gasteiger charge is -2.26. The number of nitrogens with zero attached hydrogens (tertiary/aromatic N) is 1. The van der Waals surface area contributed by atoms with Gasteiger partial charge in [0.2, 0.25) is 15.9 Å². The molecule has 1 aromatic rings. The highest BCUT2D eigenvalue weighted by Gasteiger charge is 2.34. The number of thioether (sulfide) groups is 1. The standard InChI is InChI=1S/C16H22ClF3N2O3S2/c1-4-22(5-2)15(23)13(8-9-26-3)21-27(24,25)14-10-11(16(18,19)20)6-7-12(14)17/h6-7,10,13,21H,4-5,8-9H2,1-3H3. The van der Waals surface area contributed by atoms with Crippen molar-refractivity contribution in [2.75, 3.05) is 25.1 Å². The molecule has 154 valence electrons. The summed E-state index contributed by atoms with van der Waals surface area (Å²) in [7, 11) is -4.44. The van der Waals surface area contributed by atoms with Crippen molar-refractivity contribution in [2.45, 2.75) is 37.4 Å². The average Bonchev–Trinajstić information content (AvgIpc) is 2.58. The van der Waals surface area contributed by atoms with Gasteiger partial charge in [0, 0.05) is 13.1 Å². The summed E-state index contributed by atoms with van der Waals surface area (Å²) in [5.74, 6) is 0.0667. The molecule has 5 nitrogen and oxygen atoms in total. The Balaban J connectivity index is 3.25. The quantitative estimate of drug-likeness (QED) is 0.629. The van der Waals surface area contributed by atoms with Crippen LogP contribution in [0.1, 0.15) is 25.8 Å². The molecule has 0 aromatic heterocycles.